The number of hydrogen-bond acceptors (Lipinski definition) is 4. The molecule has 6 nitrogen and oxygen atoms in total. The van der Waals surface area contributed by atoms with Gasteiger partial charge in [-0.2, -0.15) is 0 Å². The largest absolute Gasteiger partial charge is 0.495 e. The van der Waals surface area contributed by atoms with Crippen molar-refractivity contribution in [1.29, 1.82) is 0 Å². The van der Waals surface area contributed by atoms with Gasteiger partial charge in [-0.05, 0) is 44.0 Å². The summed E-state index contributed by atoms with van der Waals surface area (Å²) in [5, 5.41) is 9.68. The van der Waals surface area contributed by atoms with Crippen LogP contribution in [0.2, 0.25) is 0 Å². The number of amidine groups is 1. The summed E-state index contributed by atoms with van der Waals surface area (Å²) in [6, 6.07) is 5.22. The highest BCUT2D eigenvalue weighted by Gasteiger charge is 2.13. The highest BCUT2D eigenvalue weighted by molar-refractivity contribution is 6.43. The molecule has 0 saturated carbocycles. The summed E-state index contributed by atoms with van der Waals surface area (Å²) in [5.41, 5.74) is 2.33. The summed E-state index contributed by atoms with van der Waals surface area (Å²) in [6.45, 7) is 5.92. The number of aliphatic imine (C=N–C) groups is 1. The van der Waals surface area contributed by atoms with Crippen LogP contribution in [0.3, 0.4) is 0 Å². The Morgan fingerprint density at radius 3 is 2.58 bits per heavy atom. The van der Waals surface area contributed by atoms with Gasteiger partial charge in [0, 0.05) is 19.7 Å². The van der Waals surface area contributed by atoms with Gasteiger partial charge in [0.15, 0.2) is 0 Å². The van der Waals surface area contributed by atoms with Crippen LogP contribution in [0.1, 0.15) is 37.6 Å². The van der Waals surface area contributed by atoms with E-state index in [-0.39, 0.29) is 5.91 Å². The van der Waals surface area contributed by atoms with E-state index in [1.807, 2.05) is 13.8 Å². The van der Waals surface area contributed by atoms with E-state index >= 15 is 0 Å². The van der Waals surface area contributed by atoms with Crippen LogP contribution in [0.15, 0.2) is 45.7 Å². The number of anilines is 1. The quantitative estimate of drug-likeness (QED) is 0.497. The normalized spacial score (nSPS) is 13.0. The number of nitrogens with zero attached hydrogens (tertiary/aromatic N) is 1. The molecule has 0 aliphatic heterocycles. The van der Waals surface area contributed by atoms with Crippen molar-refractivity contribution in [3.63, 3.8) is 0 Å². The van der Waals surface area contributed by atoms with Crippen LogP contribution in [0.25, 0.3) is 0 Å². The minimum Gasteiger partial charge on any atom is -0.495 e. The third-order valence-corrected chi connectivity index (χ3v) is 4.25. The summed E-state index contributed by atoms with van der Waals surface area (Å²) < 4.78 is 5.43. The monoisotopic (exact) mass is 378 g/mol. The molecule has 0 unspecified atom stereocenters. The van der Waals surface area contributed by atoms with Gasteiger partial charge in [0.05, 0.1) is 17.8 Å². The maximum Gasteiger partial charge on any atom is 0.251 e. The predicted octanol–water partition coefficient (Wildman–Crippen LogP) is 3.87. The number of halogens is 1. The second-order valence-corrected chi connectivity index (χ2v) is 5.87. The van der Waals surface area contributed by atoms with E-state index in [1.165, 1.54) is 0 Å². The Morgan fingerprint density at radius 1 is 1.38 bits per heavy atom. The van der Waals surface area contributed by atoms with Gasteiger partial charge < -0.3 is 20.7 Å². The molecule has 0 radical (unpaired) electrons. The zero-order valence-electron chi connectivity index (χ0n) is 16.2. The van der Waals surface area contributed by atoms with E-state index in [1.54, 1.807) is 45.5 Å². The molecule has 142 valence electrons. The summed E-state index contributed by atoms with van der Waals surface area (Å²) >= 11 is 6.20. The zero-order chi connectivity index (χ0) is 19.7. The lowest BCUT2D eigenvalue weighted by Gasteiger charge is -2.19. The second kappa shape index (κ2) is 10.5. The first kappa shape index (κ1) is 21.6. The summed E-state index contributed by atoms with van der Waals surface area (Å²) in [5.74, 6) is 1.71. The van der Waals surface area contributed by atoms with Gasteiger partial charge in [-0.25, -0.2) is 0 Å². The van der Waals surface area contributed by atoms with Crippen molar-refractivity contribution in [1.82, 2.24) is 10.6 Å². The van der Waals surface area contributed by atoms with Crippen molar-refractivity contribution in [2.75, 3.05) is 26.5 Å². The fourth-order valence-electron chi connectivity index (χ4n) is 2.11. The van der Waals surface area contributed by atoms with E-state index in [0.717, 1.165) is 23.5 Å². The number of nitrogens with one attached hydrogen (secondary N) is 3. The van der Waals surface area contributed by atoms with Crippen LogP contribution in [-0.2, 0) is 0 Å². The van der Waals surface area contributed by atoms with Crippen LogP contribution >= 0.6 is 11.6 Å². The van der Waals surface area contributed by atoms with E-state index in [4.69, 9.17) is 16.3 Å². The molecule has 1 aromatic carbocycles. The molecule has 0 heterocycles. The second-order valence-electron chi connectivity index (χ2n) is 5.46. The molecule has 1 amide bonds. The van der Waals surface area contributed by atoms with Crippen molar-refractivity contribution >= 4 is 29.0 Å². The SMILES string of the molecule is C/C=C(/Cl)C(=NC)N/C(Nc1ccc(C(=O)NC)cc1OC)=C(\C)CC. The van der Waals surface area contributed by atoms with Gasteiger partial charge in [-0.1, -0.05) is 24.6 Å². The highest BCUT2D eigenvalue weighted by atomic mass is 35.5. The Balaban J connectivity index is 3.23. The molecule has 0 aliphatic carbocycles. The first-order chi connectivity index (χ1) is 12.4. The van der Waals surface area contributed by atoms with Crippen LogP contribution < -0.4 is 20.7 Å². The average Bonchev–Trinajstić information content (AvgIpc) is 2.69. The lowest BCUT2D eigenvalue weighted by Crippen LogP contribution is -2.28. The summed E-state index contributed by atoms with van der Waals surface area (Å²) in [7, 11) is 4.83. The number of carbonyl (C=O) groups excluding carboxylic acids is 1. The number of ether oxygens (including phenoxy) is 1. The van der Waals surface area contributed by atoms with Crippen molar-refractivity contribution < 1.29 is 9.53 Å². The molecule has 1 rings (SSSR count). The number of carbonyl (C=O) groups is 1. The number of rotatable bonds is 7. The van der Waals surface area contributed by atoms with Crippen molar-refractivity contribution in [3.8, 4) is 5.75 Å². The van der Waals surface area contributed by atoms with E-state index in [9.17, 15) is 4.79 Å². The molecule has 0 fully saturated rings. The maximum absolute atomic E-state index is 11.8. The topological polar surface area (TPSA) is 74.8 Å². The lowest BCUT2D eigenvalue weighted by atomic mass is 10.1. The number of hydrogen-bond donors (Lipinski definition) is 3. The molecule has 0 aliphatic rings. The Labute approximate surface area is 160 Å². The smallest absolute Gasteiger partial charge is 0.251 e. The zero-order valence-corrected chi connectivity index (χ0v) is 16.9. The number of allylic oxidation sites excluding steroid dienone is 2. The molecule has 7 heteroatoms. The first-order valence-electron chi connectivity index (χ1n) is 8.34. The molecule has 1 aromatic rings. The number of benzene rings is 1. The fourth-order valence-corrected chi connectivity index (χ4v) is 2.25. The molecule has 0 spiro atoms. The summed E-state index contributed by atoms with van der Waals surface area (Å²) in [4.78, 5) is 16.0. The molecule has 26 heavy (non-hydrogen) atoms. The molecular weight excluding hydrogens is 352 g/mol. The Morgan fingerprint density at radius 2 is 2.08 bits per heavy atom. The number of methoxy groups -OCH3 is 1. The van der Waals surface area contributed by atoms with Gasteiger partial charge >= 0.3 is 0 Å². The maximum atomic E-state index is 11.8. The average molecular weight is 379 g/mol. The number of amides is 1. The molecular formula is C19H27ClN4O2. The highest BCUT2D eigenvalue weighted by Crippen LogP contribution is 2.27. The standard InChI is InChI=1S/C19H27ClN4O2/c1-7-12(3)17(24-18(21-4)14(20)8-2)23-15-10-9-13(19(25)22-5)11-16(15)26-6/h8-11,23H,7H2,1-6H3,(H,21,24)(H,22,25)/b14-8+,17-12+. The molecule has 3 N–H and O–H groups in total. The van der Waals surface area contributed by atoms with Gasteiger partial charge in [0.1, 0.15) is 17.4 Å². The minimum absolute atomic E-state index is 0.172. The van der Waals surface area contributed by atoms with Crippen molar-refractivity contribution in [2.45, 2.75) is 27.2 Å². The Kier molecular flexibility index (Phi) is 8.72. The van der Waals surface area contributed by atoms with Crippen LogP contribution in [0.4, 0.5) is 5.69 Å². The fraction of sp³-hybridized carbons (Fsp3) is 0.368. The predicted molar refractivity (Wildman–Crippen MR) is 109 cm³/mol. The third-order valence-electron chi connectivity index (χ3n) is 3.85. The summed E-state index contributed by atoms with van der Waals surface area (Å²) in [6.07, 6.45) is 2.60. The Hall–Kier alpha value is -2.47. The van der Waals surface area contributed by atoms with Gasteiger partial charge in [0.2, 0.25) is 0 Å². The lowest BCUT2D eigenvalue weighted by molar-refractivity contribution is 0.0963. The molecule has 0 aromatic heterocycles. The van der Waals surface area contributed by atoms with E-state index in [2.05, 4.69) is 27.9 Å². The van der Waals surface area contributed by atoms with E-state index in [0.29, 0.717) is 22.2 Å². The van der Waals surface area contributed by atoms with Crippen LogP contribution in [0.5, 0.6) is 5.75 Å². The van der Waals surface area contributed by atoms with Gasteiger partial charge in [0.25, 0.3) is 5.91 Å². The van der Waals surface area contributed by atoms with Crippen molar-refractivity contribution in [3.05, 3.63) is 46.3 Å². The van der Waals surface area contributed by atoms with E-state index < -0.39 is 0 Å². The van der Waals surface area contributed by atoms with Crippen LogP contribution in [-0.4, -0.2) is 32.9 Å². The minimum atomic E-state index is -0.172. The Bertz CT molecular complexity index is 739. The molecule has 0 atom stereocenters. The first-order valence-corrected chi connectivity index (χ1v) is 8.72. The van der Waals surface area contributed by atoms with Crippen molar-refractivity contribution in [2.24, 2.45) is 4.99 Å². The van der Waals surface area contributed by atoms with Gasteiger partial charge in [-0.3, -0.25) is 9.79 Å². The molecule has 0 saturated heterocycles. The molecule has 0 bridgehead atoms. The van der Waals surface area contributed by atoms with Gasteiger partial charge in [-0.15, -0.1) is 0 Å². The van der Waals surface area contributed by atoms with Crippen LogP contribution in [0, 0.1) is 0 Å². The third kappa shape index (κ3) is 5.52.